The van der Waals surface area contributed by atoms with Gasteiger partial charge in [0.2, 0.25) is 5.91 Å². The Bertz CT molecular complexity index is 457. The zero-order chi connectivity index (χ0) is 13.7. The lowest BCUT2D eigenvalue weighted by Crippen LogP contribution is -2.40. The fraction of sp³-hybridized carbons (Fsp3) is 0.500. The van der Waals surface area contributed by atoms with Crippen molar-refractivity contribution in [3.63, 3.8) is 0 Å². The Labute approximate surface area is 114 Å². The van der Waals surface area contributed by atoms with Crippen LogP contribution in [0, 0.1) is 11.3 Å². The third-order valence-electron chi connectivity index (χ3n) is 3.98. The molecule has 1 atom stereocenters. The molecule has 0 radical (unpaired) electrons. The number of nitriles is 1. The summed E-state index contributed by atoms with van der Waals surface area (Å²) in [5.41, 5.74) is 0.789. The van der Waals surface area contributed by atoms with Gasteiger partial charge in [-0.1, -0.05) is 49.6 Å². The molecular formula is C16H20N2O. The molecule has 0 bridgehead atoms. The highest BCUT2D eigenvalue weighted by Crippen LogP contribution is 2.25. The first kappa shape index (κ1) is 13.6. The molecule has 1 aromatic carbocycles. The van der Waals surface area contributed by atoms with E-state index in [1.54, 1.807) is 4.90 Å². The summed E-state index contributed by atoms with van der Waals surface area (Å²) >= 11 is 0. The predicted octanol–water partition coefficient (Wildman–Crippen LogP) is 3.08. The molecule has 0 heterocycles. The molecule has 1 aliphatic carbocycles. The third-order valence-corrected chi connectivity index (χ3v) is 3.98. The van der Waals surface area contributed by atoms with Crippen LogP contribution in [0.4, 0.5) is 0 Å². The molecule has 0 aromatic heterocycles. The number of rotatable bonds is 3. The Kier molecular flexibility index (Phi) is 4.57. The number of carbonyl (C=O) groups is 1. The monoisotopic (exact) mass is 256 g/mol. The van der Waals surface area contributed by atoms with Crippen molar-refractivity contribution in [2.45, 2.75) is 44.1 Å². The van der Waals surface area contributed by atoms with E-state index in [2.05, 4.69) is 6.07 Å². The fourth-order valence-corrected chi connectivity index (χ4v) is 2.77. The summed E-state index contributed by atoms with van der Waals surface area (Å²) < 4.78 is 0. The second kappa shape index (κ2) is 6.38. The molecule has 1 aromatic rings. The number of hydrogen-bond donors (Lipinski definition) is 0. The smallest absolute Gasteiger partial charge is 0.244 e. The van der Waals surface area contributed by atoms with Gasteiger partial charge in [0.15, 0.2) is 0 Å². The molecule has 100 valence electrons. The van der Waals surface area contributed by atoms with Crippen LogP contribution in [0.5, 0.6) is 0 Å². The molecule has 1 aliphatic rings. The summed E-state index contributed by atoms with van der Waals surface area (Å²) in [6.07, 6.45) is 5.76. The van der Waals surface area contributed by atoms with Crippen LogP contribution < -0.4 is 0 Å². The van der Waals surface area contributed by atoms with Crippen LogP contribution in [0.15, 0.2) is 30.3 Å². The Balaban J connectivity index is 2.10. The lowest BCUT2D eigenvalue weighted by molar-refractivity contribution is -0.132. The minimum absolute atomic E-state index is 0.0689. The SMILES string of the molecule is CN(C(=O)C(C#N)c1ccccc1)C1CCCCC1. The second-order valence-corrected chi connectivity index (χ2v) is 5.21. The van der Waals surface area contributed by atoms with E-state index < -0.39 is 5.92 Å². The van der Waals surface area contributed by atoms with Gasteiger partial charge in [-0.3, -0.25) is 4.79 Å². The first-order valence-electron chi connectivity index (χ1n) is 6.95. The molecule has 1 unspecified atom stereocenters. The van der Waals surface area contributed by atoms with Crippen molar-refractivity contribution < 1.29 is 4.79 Å². The van der Waals surface area contributed by atoms with E-state index in [0.717, 1.165) is 18.4 Å². The number of benzene rings is 1. The first-order valence-corrected chi connectivity index (χ1v) is 6.95. The zero-order valence-corrected chi connectivity index (χ0v) is 11.4. The highest BCUT2D eigenvalue weighted by molar-refractivity contribution is 5.86. The van der Waals surface area contributed by atoms with Gasteiger partial charge in [-0.2, -0.15) is 5.26 Å². The molecule has 0 spiro atoms. The molecule has 2 rings (SSSR count). The highest BCUT2D eigenvalue weighted by Gasteiger charge is 2.28. The van der Waals surface area contributed by atoms with Crippen molar-refractivity contribution in [1.29, 1.82) is 5.26 Å². The van der Waals surface area contributed by atoms with E-state index in [-0.39, 0.29) is 5.91 Å². The molecule has 0 aliphatic heterocycles. The van der Waals surface area contributed by atoms with Gasteiger partial charge in [-0.05, 0) is 18.4 Å². The van der Waals surface area contributed by atoms with Gasteiger partial charge in [-0.25, -0.2) is 0 Å². The zero-order valence-electron chi connectivity index (χ0n) is 11.4. The molecule has 1 fully saturated rings. The Morgan fingerprint density at radius 1 is 1.26 bits per heavy atom. The number of amides is 1. The van der Waals surface area contributed by atoms with E-state index >= 15 is 0 Å². The Morgan fingerprint density at radius 2 is 1.89 bits per heavy atom. The average Bonchev–Trinajstić information content (AvgIpc) is 2.49. The van der Waals surface area contributed by atoms with Gasteiger partial charge in [0, 0.05) is 13.1 Å². The van der Waals surface area contributed by atoms with Crippen LogP contribution in [-0.2, 0) is 4.79 Å². The summed E-state index contributed by atoms with van der Waals surface area (Å²) in [5, 5.41) is 9.30. The van der Waals surface area contributed by atoms with Crippen LogP contribution >= 0.6 is 0 Å². The maximum absolute atomic E-state index is 12.5. The van der Waals surface area contributed by atoms with Crippen LogP contribution in [0.25, 0.3) is 0 Å². The van der Waals surface area contributed by atoms with Crippen molar-refractivity contribution >= 4 is 5.91 Å². The maximum atomic E-state index is 12.5. The quantitative estimate of drug-likeness (QED) is 0.834. The molecule has 1 amide bonds. The van der Waals surface area contributed by atoms with Crippen molar-refractivity contribution in [3.05, 3.63) is 35.9 Å². The molecule has 0 saturated heterocycles. The molecule has 19 heavy (non-hydrogen) atoms. The van der Waals surface area contributed by atoms with Gasteiger partial charge in [0.1, 0.15) is 5.92 Å². The van der Waals surface area contributed by atoms with Gasteiger partial charge in [0.05, 0.1) is 6.07 Å². The number of carbonyl (C=O) groups excluding carboxylic acids is 1. The van der Waals surface area contributed by atoms with Crippen molar-refractivity contribution in [3.8, 4) is 6.07 Å². The van der Waals surface area contributed by atoms with E-state index in [1.165, 1.54) is 19.3 Å². The summed E-state index contributed by atoms with van der Waals surface area (Å²) in [6, 6.07) is 11.8. The topological polar surface area (TPSA) is 44.1 Å². The average molecular weight is 256 g/mol. The lowest BCUT2D eigenvalue weighted by Gasteiger charge is -2.32. The van der Waals surface area contributed by atoms with Crippen LogP contribution in [0.1, 0.15) is 43.6 Å². The summed E-state index contributed by atoms with van der Waals surface area (Å²) in [4.78, 5) is 14.3. The summed E-state index contributed by atoms with van der Waals surface area (Å²) in [6.45, 7) is 0. The van der Waals surface area contributed by atoms with Gasteiger partial charge < -0.3 is 4.90 Å². The molecule has 3 nitrogen and oxygen atoms in total. The minimum Gasteiger partial charge on any atom is -0.341 e. The summed E-state index contributed by atoms with van der Waals surface area (Å²) in [7, 11) is 1.84. The Morgan fingerprint density at radius 3 is 2.47 bits per heavy atom. The predicted molar refractivity (Wildman–Crippen MR) is 74.4 cm³/mol. The van der Waals surface area contributed by atoms with Gasteiger partial charge in [0.25, 0.3) is 0 Å². The van der Waals surface area contributed by atoms with Gasteiger partial charge >= 0.3 is 0 Å². The standard InChI is InChI=1S/C16H20N2O/c1-18(14-10-6-3-7-11-14)16(19)15(12-17)13-8-4-2-5-9-13/h2,4-5,8-9,14-15H,3,6-7,10-11H2,1H3. The lowest BCUT2D eigenvalue weighted by atomic mass is 9.92. The van der Waals surface area contributed by atoms with Crippen LogP contribution in [0.2, 0.25) is 0 Å². The first-order chi connectivity index (χ1) is 9.24. The highest BCUT2D eigenvalue weighted by atomic mass is 16.2. The van der Waals surface area contributed by atoms with Crippen molar-refractivity contribution in [2.75, 3.05) is 7.05 Å². The molecule has 3 heteroatoms. The molecule has 1 saturated carbocycles. The minimum atomic E-state index is -0.673. The Hall–Kier alpha value is -1.82. The number of nitrogens with zero attached hydrogens (tertiary/aromatic N) is 2. The second-order valence-electron chi connectivity index (χ2n) is 5.21. The number of hydrogen-bond acceptors (Lipinski definition) is 2. The van der Waals surface area contributed by atoms with Crippen LogP contribution in [0.3, 0.4) is 0 Å². The van der Waals surface area contributed by atoms with Crippen LogP contribution in [-0.4, -0.2) is 23.9 Å². The third kappa shape index (κ3) is 3.14. The largest absolute Gasteiger partial charge is 0.341 e. The van der Waals surface area contributed by atoms with Gasteiger partial charge in [-0.15, -0.1) is 0 Å². The van der Waals surface area contributed by atoms with E-state index in [4.69, 9.17) is 0 Å². The van der Waals surface area contributed by atoms with Crippen molar-refractivity contribution in [2.24, 2.45) is 0 Å². The van der Waals surface area contributed by atoms with E-state index in [9.17, 15) is 10.1 Å². The normalized spacial score (nSPS) is 17.5. The van der Waals surface area contributed by atoms with E-state index in [0.29, 0.717) is 6.04 Å². The van der Waals surface area contributed by atoms with Crippen molar-refractivity contribution in [1.82, 2.24) is 4.90 Å². The molecular weight excluding hydrogens is 236 g/mol. The fourth-order valence-electron chi connectivity index (χ4n) is 2.77. The van der Waals surface area contributed by atoms with E-state index in [1.807, 2.05) is 37.4 Å². The summed E-state index contributed by atoms with van der Waals surface area (Å²) in [5.74, 6) is -0.742. The number of likely N-dealkylation sites (N-methyl/N-ethyl adjacent to an activating group) is 1. The maximum Gasteiger partial charge on any atom is 0.244 e. The molecule has 0 N–H and O–H groups in total.